The highest BCUT2D eigenvalue weighted by Gasteiger charge is 2.13. The molecule has 2 aromatic rings. The van der Waals surface area contributed by atoms with Crippen LogP contribution in [0.4, 0.5) is 0 Å². The number of benzene rings is 2. The van der Waals surface area contributed by atoms with E-state index in [2.05, 4.69) is 0 Å². The van der Waals surface area contributed by atoms with Gasteiger partial charge in [0.25, 0.3) is 0 Å². The van der Waals surface area contributed by atoms with Crippen molar-refractivity contribution in [3.8, 4) is 17.2 Å². The number of ether oxygens (including phenoxy) is 3. The lowest BCUT2D eigenvalue weighted by Crippen LogP contribution is -2.10. The van der Waals surface area contributed by atoms with E-state index in [4.69, 9.17) is 42.5 Å². The summed E-state index contributed by atoms with van der Waals surface area (Å²) in [5.74, 6) is 0.687. The summed E-state index contributed by atoms with van der Waals surface area (Å²) in [6, 6.07) is 10.4. The predicted molar refractivity (Wildman–Crippen MR) is 96.4 cm³/mol. The Morgan fingerprint density at radius 2 is 1.76 bits per heavy atom. The van der Waals surface area contributed by atoms with Crippen molar-refractivity contribution >= 4 is 29.2 Å². The molecule has 0 saturated carbocycles. The van der Waals surface area contributed by atoms with Gasteiger partial charge in [0.05, 0.1) is 12.1 Å². The minimum atomic E-state index is -0.866. The van der Waals surface area contributed by atoms with E-state index in [1.54, 1.807) is 36.4 Å². The van der Waals surface area contributed by atoms with Crippen molar-refractivity contribution in [2.45, 2.75) is 12.8 Å². The van der Waals surface area contributed by atoms with Crippen LogP contribution in [0.2, 0.25) is 10.0 Å². The summed E-state index contributed by atoms with van der Waals surface area (Å²) in [6.45, 7) is 0.592. The Kier molecular flexibility index (Phi) is 7.22. The maximum absolute atomic E-state index is 10.7. The average Bonchev–Trinajstić information content (AvgIpc) is 2.59. The number of aryl methyl sites for hydroxylation is 1. The van der Waals surface area contributed by atoms with Crippen molar-refractivity contribution in [1.29, 1.82) is 0 Å². The second-order valence-electron chi connectivity index (χ2n) is 5.15. The molecule has 0 amide bonds. The van der Waals surface area contributed by atoms with E-state index in [0.717, 1.165) is 5.56 Å². The van der Waals surface area contributed by atoms with Gasteiger partial charge >= 0.3 is 5.97 Å². The first-order chi connectivity index (χ1) is 12.0. The lowest BCUT2D eigenvalue weighted by atomic mass is 10.1. The van der Waals surface area contributed by atoms with Crippen LogP contribution in [0.1, 0.15) is 12.0 Å². The largest absolute Gasteiger partial charge is 0.493 e. The van der Waals surface area contributed by atoms with Gasteiger partial charge in [0.15, 0.2) is 11.5 Å². The normalized spacial score (nSPS) is 10.4. The van der Waals surface area contributed by atoms with Gasteiger partial charge in [0.1, 0.15) is 19.0 Å². The van der Waals surface area contributed by atoms with E-state index in [1.807, 2.05) is 0 Å². The Morgan fingerprint density at radius 1 is 1.08 bits per heavy atom. The molecule has 2 aromatic carbocycles. The molecule has 0 aliphatic rings. The van der Waals surface area contributed by atoms with Crippen LogP contribution >= 0.6 is 23.2 Å². The van der Waals surface area contributed by atoms with Crippen molar-refractivity contribution in [2.24, 2.45) is 0 Å². The van der Waals surface area contributed by atoms with Gasteiger partial charge in [-0.2, -0.15) is 0 Å². The van der Waals surface area contributed by atoms with Crippen LogP contribution in [-0.2, 0) is 11.2 Å². The van der Waals surface area contributed by atoms with Gasteiger partial charge < -0.3 is 19.3 Å². The fraction of sp³-hybridized carbons (Fsp3) is 0.278. The molecule has 0 fully saturated rings. The highest BCUT2D eigenvalue weighted by Crippen LogP contribution is 2.36. The zero-order valence-corrected chi connectivity index (χ0v) is 15.1. The molecule has 0 aromatic heterocycles. The molecule has 0 spiro atoms. The van der Waals surface area contributed by atoms with Crippen molar-refractivity contribution < 1.29 is 24.1 Å². The van der Waals surface area contributed by atoms with Gasteiger partial charge in [-0.15, -0.1) is 0 Å². The fourth-order valence-corrected chi connectivity index (χ4v) is 2.56. The molecule has 0 aliphatic heterocycles. The fourth-order valence-electron chi connectivity index (χ4n) is 2.14. The maximum atomic E-state index is 10.7. The minimum Gasteiger partial charge on any atom is -0.493 e. The number of carboxylic acid groups (broad SMARTS) is 1. The summed E-state index contributed by atoms with van der Waals surface area (Å²) in [6.07, 6.45) is 0.389. The molecule has 2 rings (SSSR count). The molecule has 7 heteroatoms. The zero-order chi connectivity index (χ0) is 18.2. The van der Waals surface area contributed by atoms with Crippen molar-refractivity contribution in [3.63, 3.8) is 0 Å². The Labute approximate surface area is 156 Å². The van der Waals surface area contributed by atoms with Crippen LogP contribution in [0.15, 0.2) is 36.4 Å². The molecule has 0 saturated heterocycles. The number of halogens is 2. The predicted octanol–water partition coefficient (Wildman–Crippen LogP) is 4.48. The van der Waals surface area contributed by atoms with E-state index in [0.29, 0.717) is 40.3 Å². The van der Waals surface area contributed by atoms with E-state index < -0.39 is 5.97 Å². The lowest BCUT2D eigenvalue weighted by molar-refractivity contribution is -0.136. The molecule has 0 aliphatic carbocycles. The number of carboxylic acids is 1. The van der Waals surface area contributed by atoms with Crippen molar-refractivity contribution in [3.05, 3.63) is 52.0 Å². The summed E-state index contributed by atoms with van der Waals surface area (Å²) in [5, 5.41) is 9.78. The number of hydrogen-bond donors (Lipinski definition) is 1. The lowest BCUT2D eigenvalue weighted by Gasteiger charge is -2.14. The summed E-state index contributed by atoms with van der Waals surface area (Å²) in [4.78, 5) is 10.7. The highest BCUT2D eigenvalue weighted by atomic mass is 35.5. The van der Waals surface area contributed by atoms with E-state index >= 15 is 0 Å². The van der Waals surface area contributed by atoms with Crippen LogP contribution in [0.25, 0.3) is 0 Å². The number of hydrogen-bond acceptors (Lipinski definition) is 4. The number of carbonyl (C=O) groups is 1. The number of methoxy groups -OCH3 is 1. The van der Waals surface area contributed by atoms with Crippen LogP contribution in [0, 0.1) is 0 Å². The standard InChI is InChI=1S/C18H18Cl2O5/c1-23-16-11-12(2-7-17(21)22)10-15(20)18(16)25-9-8-24-14-5-3-13(19)4-6-14/h3-6,10-11H,2,7-9H2,1H3,(H,21,22). The average molecular weight is 385 g/mol. The molecule has 0 unspecified atom stereocenters. The first-order valence-electron chi connectivity index (χ1n) is 7.59. The summed E-state index contributed by atoms with van der Waals surface area (Å²) in [7, 11) is 1.50. The van der Waals surface area contributed by atoms with Gasteiger partial charge in [-0.25, -0.2) is 0 Å². The number of aliphatic carboxylic acids is 1. The molecular formula is C18H18Cl2O5. The summed E-state index contributed by atoms with van der Waals surface area (Å²) < 4.78 is 16.5. The van der Waals surface area contributed by atoms with E-state index in [1.165, 1.54) is 7.11 Å². The van der Waals surface area contributed by atoms with Gasteiger partial charge in [0.2, 0.25) is 0 Å². The quantitative estimate of drug-likeness (QED) is 0.645. The topological polar surface area (TPSA) is 65.0 Å². The molecule has 0 bridgehead atoms. The SMILES string of the molecule is COc1cc(CCC(=O)O)cc(Cl)c1OCCOc1ccc(Cl)cc1. The first kappa shape index (κ1) is 19.2. The van der Waals surface area contributed by atoms with Crippen molar-refractivity contribution in [2.75, 3.05) is 20.3 Å². The number of rotatable bonds is 9. The molecule has 25 heavy (non-hydrogen) atoms. The van der Waals surface area contributed by atoms with E-state index in [-0.39, 0.29) is 13.0 Å². The zero-order valence-electron chi connectivity index (χ0n) is 13.6. The Balaban J connectivity index is 1.93. The molecule has 5 nitrogen and oxygen atoms in total. The summed E-state index contributed by atoms with van der Waals surface area (Å²) in [5.41, 5.74) is 0.772. The first-order valence-corrected chi connectivity index (χ1v) is 8.34. The Hall–Kier alpha value is -2.11. The Bertz CT molecular complexity index is 716. The third kappa shape index (κ3) is 6.03. The van der Waals surface area contributed by atoms with Gasteiger partial charge in [-0.05, 0) is 48.4 Å². The van der Waals surface area contributed by atoms with Crippen LogP contribution < -0.4 is 14.2 Å². The molecule has 134 valence electrons. The van der Waals surface area contributed by atoms with Crippen LogP contribution in [0.5, 0.6) is 17.2 Å². The molecule has 0 heterocycles. The minimum absolute atomic E-state index is 0.0224. The second-order valence-corrected chi connectivity index (χ2v) is 6.00. The third-order valence-corrected chi connectivity index (χ3v) is 3.86. The monoisotopic (exact) mass is 384 g/mol. The van der Waals surface area contributed by atoms with Gasteiger partial charge in [-0.3, -0.25) is 4.79 Å². The van der Waals surface area contributed by atoms with Gasteiger partial charge in [-0.1, -0.05) is 23.2 Å². The molecule has 0 atom stereocenters. The third-order valence-electron chi connectivity index (χ3n) is 3.33. The summed E-state index contributed by atoms with van der Waals surface area (Å²) >= 11 is 12.0. The molecule has 1 N–H and O–H groups in total. The molecular weight excluding hydrogens is 367 g/mol. The Morgan fingerprint density at radius 3 is 2.40 bits per heavy atom. The van der Waals surface area contributed by atoms with Crippen molar-refractivity contribution in [1.82, 2.24) is 0 Å². The second kappa shape index (κ2) is 9.39. The van der Waals surface area contributed by atoms with E-state index in [9.17, 15) is 4.79 Å². The maximum Gasteiger partial charge on any atom is 0.303 e. The highest BCUT2D eigenvalue weighted by molar-refractivity contribution is 6.32. The van der Waals surface area contributed by atoms with Gasteiger partial charge in [0, 0.05) is 11.4 Å². The van der Waals surface area contributed by atoms with Crippen LogP contribution in [-0.4, -0.2) is 31.4 Å². The smallest absolute Gasteiger partial charge is 0.303 e. The van der Waals surface area contributed by atoms with Crippen LogP contribution in [0.3, 0.4) is 0 Å². The molecule has 0 radical (unpaired) electrons.